The van der Waals surface area contributed by atoms with Crippen LogP contribution < -0.4 is 15.4 Å². The molecule has 0 atom stereocenters. The summed E-state index contributed by atoms with van der Waals surface area (Å²) in [5, 5.41) is 16.2. The summed E-state index contributed by atoms with van der Waals surface area (Å²) in [6.07, 6.45) is 5.14. The minimum Gasteiger partial charge on any atom is -0.494 e. The molecule has 7 heteroatoms. The van der Waals surface area contributed by atoms with Crippen LogP contribution in [0.5, 0.6) is 5.75 Å². The lowest BCUT2D eigenvalue weighted by Gasteiger charge is -2.10. The highest BCUT2D eigenvalue weighted by Gasteiger charge is 2.21. The summed E-state index contributed by atoms with van der Waals surface area (Å²) in [7, 11) is 0. The van der Waals surface area contributed by atoms with Crippen molar-refractivity contribution in [1.82, 2.24) is 5.32 Å². The normalized spacial score (nSPS) is 12.6. The molecule has 0 saturated carbocycles. The first-order valence-electron chi connectivity index (χ1n) is 9.00. The first-order chi connectivity index (χ1) is 13.2. The van der Waals surface area contributed by atoms with Gasteiger partial charge in [-0.3, -0.25) is 4.79 Å². The number of nitrogens with zero attached hydrogens (tertiary/aromatic N) is 1. The second kappa shape index (κ2) is 9.49. The molecule has 27 heavy (non-hydrogen) atoms. The zero-order valence-corrected chi connectivity index (χ0v) is 16.5. The summed E-state index contributed by atoms with van der Waals surface area (Å²) in [6, 6.07) is 11.8. The van der Waals surface area contributed by atoms with Gasteiger partial charge < -0.3 is 15.4 Å². The molecule has 1 aromatic carbocycles. The van der Waals surface area contributed by atoms with Crippen LogP contribution in [0.25, 0.3) is 0 Å². The number of amides is 1. The molecular formula is C20H21N3O2S2. The lowest BCUT2D eigenvalue weighted by molar-refractivity contribution is -0.119. The molecule has 0 aliphatic heterocycles. The second-order valence-corrected chi connectivity index (χ2v) is 7.81. The van der Waals surface area contributed by atoms with Gasteiger partial charge in [0.2, 0.25) is 5.91 Å². The molecule has 1 aromatic heterocycles. The third kappa shape index (κ3) is 5.28. The Bertz CT molecular complexity index is 856. The van der Waals surface area contributed by atoms with Gasteiger partial charge in [0, 0.05) is 11.3 Å². The first-order valence-corrected chi connectivity index (χ1v) is 10.2. The van der Waals surface area contributed by atoms with E-state index in [4.69, 9.17) is 17.0 Å². The highest BCUT2D eigenvalue weighted by molar-refractivity contribution is 7.80. The smallest absolute Gasteiger partial charge is 0.226 e. The number of rotatable bonds is 6. The summed E-state index contributed by atoms with van der Waals surface area (Å²) in [5.41, 5.74) is 1.81. The number of nitrogens with one attached hydrogen (secondary N) is 2. The molecule has 1 amide bonds. The molecule has 0 fully saturated rings. The van der Waals surface area contributed by atoms with E-state index < -0.39 is 0 Å². The maximum absolute atomic E-state index is 12.0. The van der Waals surface area contributed by atoms with Crippen molar-refractivity contribution in [2.24, 2.45) is 0 Å². The van der Waals surface area contributed by atoms with E-state index >= 15 is 0 Å². The molecule has 0 spiro atoms. The van der Waals surface area contributed by atoms with Crippen LogP contribution in [-0.4, -0.2) is 17.6 Å². The van der Waals surface area contributed by atoms with E-state index in [-0.39, 0.29) is 11.0 Å². The minimum absolute atomic E-state index is 0.163. The predicted octanol–water partition coefficient (Wildman–Crippen LogP) is 4.17. The van der Waals surface area contributed by atoms with Gasteiger partial charge in [-0.15, -0.1) is 11.3 Å². The number of carbonyl (C=O) groups excluding carboxylic acids is 1. The Balaban J connectivity index is 1.44. The van der Waals surface area contributed by atoms with Crippen LogP contribution in [0.3, 0.4) is 0 Å². The lowest BCUT2D eigenvalue weighted by atomic mass is 9.96. The molecule has 1 aliphatic rings. The summed E-state index contributed by atoms with van der Waals surface area (Å²) >= 11 is 6.81. The number of thiocarbonyl (C=S) groups is 1. The highest BCUT2D eigenvalue weighted by Crippen LogP contribution is 2.37. The number of nitriles is 1. The number of hydrogen-bond acceptors (Lipinski definition) is 5. The molecule has 2 N–H and O–H groups in total. The molecule has 0 bridgehead atoms. The van der Waals surface area contributed by atoms with Crippen LogP contribution >= 0.6 is 23.6 Å². The predicted molar refractivity (Wildman–Crippen MR) is 111 cm³/mol. The van der Waals surface area contributed by atoms with Crippen molar-refractivity contribution in [3.8, 4) is 11.8 Å². The van der Waals surface area contributed by atoms with Crippen molar-refractivity contribution in [1.29, 1.82) is 5.26 Å². The average Bonchev–Trinajstić information content (AvgIpc) is 3.02. The molecular weight excluding hydrogens is 378 g/mol. The third-order valence-electron chi connectivity index (χ3n) is 4.32. The fourth-order valence-corrected chi connectivity index (χ4v) is 4.56. The number of hydrogen-bond donors (Lipinski definition) is 2. The molecule has 2 aromatic rings. The molecule has 1 heterocycles. The summed E-state index contributed by atoms with van der Waals surface area (Å²) < 4.78 is 5.57. The number of fused-ring (bicyclic) bond motifs is 1. The van der Waals surface area contributed by atoms with Gasteiger partial charge in [-0.1, -0.05) is 18.2 Å². The van der Waals surface area contributed by atoms with Crippen molar-refractivity contribution in [3.05, 3.63) is 46.3 Å². The summed E-state index contributed by atoms with van der Waals surface area (Å²) in [4.78, 5) is 13.3. The van der Waals surface area contributed by atoms with Gasteiger partial charge in [-0.25, -0.2) is 0 Å². The maximum Gasteiger partial charge on any atom is 0.226 e. The van der Waals surface area contributed by atoms with Crippen LogP contribution in [0.15, 0.2) is 30.3 Å². The Kier molecular flexibility index (Phi) is 6.80. The molecule has 5 nitrogen and oxygen atoms in total. The molecule has 140 valence electrons. The Hall–Kier alpha value is -2.43. The second-order valence-electron chi connectivity index (χ2n) is 6.29. The zero-order valence-electron chi connectivity index (χ0n) is 14.9. The van der Waals surface area contributed by atoms with E-state index in [1.54, 1.807) is 11.3 Å². The largest absolute Gasteiger partial charge is 0.494 e. The summed E-state index contributed by atoms with van der Waals surface area (Å²) in [5.74, 6) is 0.629. The van der Waals surface area contributed by atoms with E-state index in [1.807, 2.05) is 30.3 Å². The standard InChI is InChI=1S/C20H21N3O2S2/c21-13-16-15-9-4-5-10-17(15)27-19(16)23-20(26)22-18(24)11-6-12-25-14-7-2-1-3-8-14/h1-3,7-8H,4-6,9-12H2,(H2,22,23,24,26). The zero-order chi connectivity index (χ0) is 19.1. The number of aryl methyl sites for hydroxylation is 1. The Morgan fingerprint density at radius 2 is 2.04 bits per heavy atom. The minimum atomic E-state index is -0.163. The lowest BCUT2D eigenvalue weighted by Crippen LogP contribution is -2.34. The van der Waals surface area contributed by atoms with Gasteiger partial charge in [-0.2, -0.15) is 5.26 Å². The molecule has 0 radical (unpaired) electrons. The summed E-state index contributed by atoms with van der Waals surface area (Å²) in [6.45, 7) is 0.466. The molecule has 3 rings (SSSR count). The molecule has 0 unspecified atom stereocenters. The number of carbonyl (C=O) groups is 1. The van der Waals surface area contributed by atoms with E-state index in [0.717, 1.165) is 42.0 Å². The van der Waals surface area contributed by atoms with E-state index in [0.29, 0.717) is 25.0 Å². The fraction of sp³-hybridized carbons (Fsp3) is 0.350. The number of ether oxygens (including phenoxy) is 1. The Morgan fingerprint density at radius 1 is 1.26 bits per heavy atom. The Morgan fingerprint density at radius 3 is 2.81 bits per heavy atom. The van der Waals surface area contributed by atoms with E-state index in [2.05, 4.69) is 16.7 Å². The number of anilines is 1. The quantitative estimate of drug-likeness (QED) is 0.563. The van der Waals surface area contributed by atoms with Gasteiger partial charge >= 0.3 is 0 Å². The van der Waals surface area contributed by atoms with Gasteiger partial charge in [0.15, 0.2) is 5.11 Å². The van der Waals surface area contributed by atoms with Crippen LogP contribution in [0.2, 0.25) is 0 Å². The van der Waals surface area contributed by atoms with Crippen LogP contribution in [-0.2, 0) is 17.6 Å². The third-order valence-corrected chi connectivity index (χ3v) is 5.73. The SMILES string of the molecule is N#Cc1c(NC(=S)NC(=O)CCCOc2ccccc2)sc2c1CCCC2. The molecule has 1 aliphatic carbocycles. The molecule has 0 saturated heterocycles. The van der Waals surface area contributed by atoms with Crippen molar-refractivity contribution in [3.63, 3.8) is 0 Å². The van der Waals surface area contributed by atoms with Gasteiger partial charge in [0.05, 0.1) is 12.2 Å². The monoisotopic (exact) mass is 399 g/mol. The number of thiophene rings is 1. The van der Waals surface area contributed by atoms with Crippen LogP contribution in [0.4, 0.5) is 5.00 Å². The van der Waals surface area contributed by atoms with Gasteiger partial charge in [-0.05, 0) is 62.0 Å². The Labute approximate surface area is 168 Å². The van der Waals surface area contributed by atoms with Crippen LogP contribution in [0.1, 0.15) is 41.7 Å². The van der Waals surface area contributed by atoms with Crippen molar-refractivity contribution in [2.75, 3.05) is 11.9 Å². The van der Waals surface area contributed by atoms with E-state index in [9.17, 15) is 10.1 Å². The highest BCUT2D eigenvalue weighted by atomic mass is 32.1. The topological polar surface area (TPSA) is 74.2 Å². The van der Waals surface area contributed by atoms with Crippen LogP contribution in [0, 0.1) is 11.3 Å². The number of benzene rings is 1. The van der Waals surface area contributed by atoms with Crippen molar-refractivity contribution >= 4 is 39.6 Å². The number of para-hydroxylation sites is 1. The van der Waals surface area contributed by atoms with Gasteiger partial charge in [0.1, 0.15) is 16.8 Å². The fourth-order valence-electron chi connectivity index (χ4n) is 3.04. The van der Waals surface area contributed by atoms with Crippen molar-refractivity contribution < 1.29 is 9.53 Å². The first kappa shape index (κ1) is 19.3. The van der Waals surface area contributed by atoms with Gasteiger partial charge in [0.25, 0.3) is 0 Å². The van der Waals surface area contributed by atoms with Crippen molar-refractivity contribution in [2.45, 2.75) is 38.5 Å². The average molecular weight is 400 g/mol. The maximum atomic E-state index is 12.0. The van der Waals surface area contributed by atoms with E-state index in [1.165, 1.54) is 4.88 Å².